The molecule has 0 aliphatic carbocycles. The van der Waals surface area contributed by atoms with Gasteiger partial charge in [0.2, 0.25) is 0 Å². The van der Waals surface area contributed by atoms with Crippen molar-refractivity contribution in [3.05, 3.63) is 94.4 Å². The van der Waals surface area contributed by atoms with E-state index in [4.69, 9.17) is 11.6 Å². The van der Waals surface area contributed by atoms with Gasteiger partial charge in [-0.25, -0.2) is 9.50 Å². The summed E-state index contributed by atoms with van der Waals surface area (Å²) < 4.78 is 1.52. The molecule has 4 aromatic rings. The van der Waals surface area contributed by atoms with Gasteiger partial charge >= 0.3 is 0 Å². The molecule has 0 aliphatic heterocycles. The van der Waals surface area contributed by atoms with Crippen molar-refractivity contribution in [2.75, 3.05) is 0 Å². The summed E-state index contributed by atoms with van der Waals surface area (Å²) in [4.78, 5) is 30.2. The molecule has 9 heteroatoms. The van der Waals surface area contributed by atoms with E-state index in [9.17, 15) is 9.59 Å². The Kier molecular flexibility index (Phi) is 6.20. The van der Waals surface area contributed by atoms with Crippen LogP contribution in [0, 0.1) is 6.92 Å². The first-order valence-electron chi connectivity index (χ1n) is 9.39. The van der Waals surface area contributed by atoms with Crippen molar-refractivity contribution >= 4 is 40.8 Å². The molecule has 2 aromatic carbocycles. The van der Waals surface area contributed by atoms with Crippen LogP contribution in [0.15, 0.2) is 71.9 Å². The Hall–Kier alpha value is -3.36. The number of amides is 2. The molecule has 31 heavy (non-hydrogen) atoms. The molecule has 0 saturated heterocycles. The summed E-state index contributed by atoms with van der Waals surface area (Å²) in [7, 11) is 0. The number of benzene rings is 2. The van der Waals surface area contributed by atoms with E-state index in [-0.39, 0.29) is 0 Å². The van der Waals surface area contributed by atoms with Crippen molar-refractivity contribution in [1.29, 1.82) is 0 Å². The quantitative estimate of drug-likeness (QED) is 0.353. The largest absolute Gasteiger partial charge is 0.275 e. The van der Waals surface area contributed by atoms with Gasteiger partial charge in [-0.1, -0.05) is 23.7 Å². The first-order chi connectivity index (χ1) is 15.0. The number of aromatic nitrogens is 3. The molecule has 2 aromatic heterocycles. The van der Waals surface area contributed by atoms with Crippen LogP contribution in [0.2, 0.25) is 5.02 Å². The second-order valence-electron chi connectivity index (χ2n) is 6.70. The topological polar surface area (TPSA) is 88.4 Å². The Labute approximate surface area is 187 Å². The number of hydrogen-bond donors (Lipinski definition) is 2. The third kappa shape index (κ3) is 4.87. The van der Waals surface area contributed by atoms with Crippen molar-refractivity contribution in [1.82, 2.24) is 25.4 Å². The number of carbonyl (C=O) groups is 2. The summed E-state index contributed by atoms with van der Waals surface area (Å²) in [6.07, 6.45) is 3.29. The zero-order valence-corrected chi connectivity index (χ0v) is 18.1. The van der Waals surface area contributed by atoms with E-state index in [0.29, 0.717) is 27.5 Å². The molecule has 2 amide bonds. The van der Waals surface area contributed by atoms with E-state index < -0.39 is 11.8 Å². The van der Waals surface area contributed by atoms with E-state index in [1.54, 1.807) is 49.3 Å². The van der Waals surface area contributed by atoms with Gasteiger partial charge in [-0.05, 0) is 55.0 Å². The molecule has 0 bridgehead atoms. The van der Waals surface area contributed by atoms with E-state index in [1.807, 2.05) is 36.4 Å². The molecule has 0 spiro atoms. The van der Waals surface area contributed by atoms with Crippen LogP contribution in [0.1, 0.15) is 32.0 Å². The lowest BCUT2D eigenvalue weighted by molar-refractivity contribution is 0.0847. The van der Waals surface area contributed by atoms with Crippen molar-refractivity contribution in [3.63, 3.8) is 0 Å². The minimum Gasteiger partial charge on any atom is -0.267 e. The molecule has 4 rings (SSSR count). The smallest absolute Gasteiger partial charge is 0.267 e. The number of aryl methyl sites for hydroxylation is 1. The highest BCUT2D eigenvalue weighted by atomic mass is 35.5. The molecule has 7 nitrogen and oxygen atoms in total. The maximum Gasteiger partial charge on any atom is 0.275 e. The van der Waals surface area contributed by atoms with Gasteiger partial charge in [-0.3, -0.25) is 20.4 Å². The van der Waals surface area contributed by atoms with Crippen molar-refractivity contribution < 1.29 is 9.59 Å². The van der Waals surface area contributed by atoms with E-state index in [2.05, 4.69) is 20.9 Å². The van der Waals surface area contributed by atoms with E-state index in [1.165, 1.54) is 4.52 Å². The molecule has 0 atom stereocenters. The molecule has 0 radical (unpaired) electrons. The highest BCUT2D eigenvalue weighted by Gasteiger charge is 2.18. The van der Waals surface area contributed by atoms with Gasteiger partial charge in [0.25, 0.3) is 11.8 Å². The van der Waals surface area contributed by atoms with Crippen molar-refractivity contribution in [3.8, 4) is 0 Å². The average molecular weight is 452 g/mol. The zero-order valence-electron chi connectivity index (χ0n) is 16.5. The fraction of sp³-hybridized carbons (Fsp3) is 0.0909. The molecular weight excluding hydrogens is 434 g/mol. The van der Waals surface area contributed by atoms with Gasteiger partial charge in [0.15, 0.2) is 5.65 Å². The minimum atomic E-state index is -0.476. The SMILES string of the molecule is Cc1nn2cccnc2c1C(=O)NNC(=O)c1ccc(CSc2ccc(Cl)cc2)cc1. The van der Waals surface area contributed by atoms with Crippen LogP contribution in [0.3, 0.4) is 0 Å². The number of nitrogens with one attached hydrogen (secondary N) is 2. The van der Waals surface area contributed by atoms with Crippen LogP contribution in [0.4, 0.5) is 0 Å². The predicted molar refractivity (Wildman–Crippen MR) is 120 cm³/mol. The number of hydrazine groups is 1. The molecule has 2 N–H and O–H groups in total. The lowest BCUT2D eigenvalue weighted by Crippen LogP contribution is -2.41. The monoisotopic (exact) mass is 451 g/mol. The standard InChI is InChI=1S/C22H18ClN5O2S/c1-14-19(20-24-11-2-12-28(20)27-14)22(30)26-25-21(29)16-5-3-15(4-6-16)13-31-18-9-7-17(23)8-10-18/h2-12H,13H2,1H3,(H,25,29)(H,26,30). The summed E-state index contributed by atoms with van der Waals surface area (Å²) in [5, 5.41) is 4.95. The normalized spacial score (nSPS) is 10.8. The average Bonchev–Trinajstić information content (AvgIpc) is 3.13. The van der Waals surface area contributed by atoms with Gasteiger partial charge < -0.3 is 0 Å². The highest BCUT2D eigenvalue weighted by Crippen LogP contribution is 2.24. The third-order valence-electron chi connectivity index (χ3n) is 4.52. The van der Waals surface area contributed by atoms with Gasteiger partial charge in [0.1, 0.15) is 5.56 Å². The van der Waals surface area contributed by atoms with Crippen LogP contribution in [-0.2, 0) is 5.75 Å². The molecule has 156 valence electrons. The molecule has 0 saturated carbocycles. The van der Waals surface area contributed by atoms with Crippen LogP contribution in [0.25, 0.3) is 5.65 Å². The maximum absolute atomic E-state index is 12.5. The highest BCUT2D eigenvalue weighted by molar-refractivity contribution is 7.98. The Bertz CT molecular complexity index is 1240. The third-order valence-corrected chi connectivity index (χ3v) is 5.86. The Balaban J connectivity index is 1.34. The molecule has 0 fully saturated rings. The second kappa shape index (κ2) is 9.20. The summed E-state index contributed by atoms with van der Waals surface area (Å²) >= 11 is 7.58. The number of fused-ring (bicyclic) bond motifs is 1. The minimum absolute atomic E-state index is 0.315. The lowest BCUT2D eigenvalue weighted by atomic mass is 10.1. The number of carbonyl (C=O) groups excluding carboxylic acids is 2. The summed E-state index contributed by atoms with van der Waals surface area (Å²) in [5.41, 5.74) is 7.66. The van der Waals surface area contributed by atoms with Gasteiger partial charge in [0, 0.05) is 33.6 Å². The number of hydrogen-bond acceptors (Lipinski definition) is 5. The first kappa shape index (κ1) is 20.9. The molecule has 2 heterocycles. The second-order valence-corrected chi connectivity index (χ2v) is 8.18. The summed E-state index contributed by atoms with van der Waals surface area (Å²) in [6, 6.07) is 16.6. The Morgan fingerprint density at radius 1 is 1.03 bits per heavy atom. The lowest BCUT2D eigenvalue weighted by Gasteiger charge is -2.08. The van der Waals surface area contributed by atoms with E-state index >= 15 is 0 Å². The Morgan fingerprint density at radius 2 is 1.74 bits per heavy atom. The number of thioether (sulfide) groups is 1. The van der Waals surface area contributed by atoms with Crippen LogP contribution in [-0.4, -0.2) is 26.4 Å². The molecular formula is C22H18ClN5O2S. The maximum atomic E-state index is 12.5. The predicted octanol–water partition coefficient (Wildman–Crippen LogP) is 4.06. The van der Waals surface area contributed by atoms with Crippen LogP contribution in [0.5, 0.6) is 0 Å². The Morgan fingerprint density at radius 3 is 2.48 bits per heavy atom. The number of nitrogens with zero attached hydrogens (tertiary/aromatic N) is 3. The fourth-order valence-electron chi connectivity index (χ4n) is 2.96. The molecule has 0 aliphatic rings. The summed E-state index contributed by atoms with van der Waals surface area (Å²) in [5.74, 6) is -0.121. The number of halogens is 1. The van der Waals surface area contributed by atoms with Crippen molar-refractivity contribution in [2.24, 2.45) is 0 Å². The van der Waals surface area contributed by atoms with E-state index in [0.717, 1.165) is 16.2 Å². The van der Waals surface area contributed by atoms with Gasteiger partial charge in [0.05, 0.1) is 5.69 Å². The van der Waals surface area contributed by atoms with Gasteiger partial charge in [-0.2, -0.15) is 5.10 Å². The molecule has 0 unspecified atom stereocenters. The first-order valence-corrected chi connectivity index (χ1v) is 10.8. The van der Waals surface area contributed by atoms with Crippen LogP contribution >= 0.6 is 23.4 Å². The summed E-state index contributed by atoms with van der Waals surface area (Å²) in [6.45, 7) is 1.71. The van der Waals surface area contributed by atoms with Crippen LogP contribution < -0.4 is 10.9 Å². The zero-order chi connectivity index (χ0) is 21.8. The van der Waals surface area contributed by atoms with Gasteiger partial charge in [-0.15, -0.1) is 11.8 Å². The fourth-order valence-corrected chi connectivity index (χ4v) is 3.94. The van der Waals surface area contributed by atoms with Crippen molar-refractivity contribution in [2.45, 2.75) is 17.6 Å². The number of rotatable bonds is 5.